The molecular weight excluding hydrogens is 304 g/mol. The highest BCUT2D eigenvalue weighted by Crippen LogP contribution is 2.35. The number of methoxy groups -OCH3 is 1. The minimum atomic E-state index is 0.0458. The van der Waals surface area contributed by atoms with E-state index in [1.807, 2.05) is 29.5 Å². The summed E-state index contributed by atoms with van der Waals surface area (Å²) in [5, 5.41) is 5.42. The standard InChI is InChI=1S/C16H19ClN2OS/c1-20-10-9-18-15(11-5-2-3-6-12(11)17)16-19-13-7-4-8-14(13)21-16/h2-3,5-6,15,18H,4,7-10H2,1H3. The highest BCUT2D eigenvalue weighted by molar-refractivity contribution is 7.11. The van der Waals surface area contributed by atoms with Crippen LogP contribution in [0.1, 0.15) is 33.6 Å². The molecule has 1 heterocycles. The van der Waals surface area contributed by atoms with Gasteiger partial charge in [0.15, 0.2) is 0 Å². The Morgan fingerprint density at radius 2 is 2.24 bits per heavy atom. The summed E-state index contributed by atoms with van der Waals surface area (Å²) >= 11 is 8.20. The number of aromatic nitrogens is 1. The van der Waals surface area contributed by atoms with Crippen LogP contribution in [0.25, 0.3) is 0 Å². The molecule has 2 aromatic rings. The van der Waals surface area contributed by atoms with Gasteiger partial charge in [0.2, 0.25) is 0 Å². The van der Waals surface area contributed by atoms with Gasteiger partial charge in [0.1, 0.15) is 5.01 Å². The molecule has 1 aliphatic rings. The van der Waals surface area contributed by atoms with E-state index < -0.39 is 0 Å². The predicted octanol–water partition coefficient (Wildman–Crippen LogP) is 3.61. The van der Waals surface area contributed by atoms with Crippen LogP contribution in [0.5, 0.6) is 0 Å². The second-order valence-electron chi connectivity index (χ2n) is 5.18. The van der Waals surface area contributed by atoms with Crippen molar-refractivity contribution in [3.63, 3.8) is 0 Å². The zero-order chi connectivity index (χ0) is 14.7. The molecule has 0 bridgehead atoms. The Balaban J connectivity index is 1.89. The lowest BCUT2D eigenvalue weighted by atomic mass is 10.1. The minimum Gasteiger partial charge on any atom is -0.383 e. The van der Waals surface area contributed by atoms with Crippen LogP contribution in [0.4, 0.5) is 0 Å². The van der Waals surface area contributed by atoms with E-state index in [-0.39, 0.29) is 6.04 Å². The van der Waals surface area contributed by atoms with E-state index in [2.05, 4.69) is 11.4 Å². The highest BCUT2D eigenvalue weighted by atomic mass is 35.5. The zero-order valence-corrected chi connectivity index (χ0v) is 13.6. The van der Waals surface area contributed by atoms with Gasteiger partial charge in [-0.15, -0.1) is 11.3 Å². The number of ether oxygens (including phenoxy) is 1. The molecule has 112 valence electrons. The average molecular weight is 323 g/mol. The van der Waals surface area contributed by atoms with Crippen LogP contribution in [0, 0.1) is 0 Å². The Morgan fingerprint density at radius 1 is 1.38 bits per heavy atom. The molecule has 1 atom stereocenters. The molecule has 3 nitrogen and oxygen atoms in total. The lowest BCUT2D eigenvalue weighted by Crippen LogP contribution is -2.26. The van der Waals surface area contributed by atoms with E-state index in [0.29, 0.717) is 6.61 Å². The summed E-state index contributed by atoms with van der Waals surface area (Å²) < 4.78 is 5.14. The molecule has 0 spiro atoms. The first-order valence-electron chi connectivity index (χ1n) is 7.25. The molecule has 1 aliphatic carbocycles. The molecular formula is C16H19ClN2OS. The van der Waals surface area contributed by atoms with Crippen molar-refractivity contribution in [3.05, 3.63) is 50.4 Å². The fraction of sp³-hybridized carbons (Fsp3) is 0.438. The number of thiazole rings is 1. The van der Waals surface area contributed by atoms with E-state index in [1.54, 1.807) is 7.11 Å². The van der Waals surface area contributed by atoms with Crippen molar-refractivity contribution < 1.29 is 4.74 Å². The fourth-order valence-corrected chi connectivity index (χ4v) is 4.17. The molecule has 21 heavy (non-hydrogen) atoms. The maximum Gasteiger partial charge on any atom is 0.115 e. The van der Waals surface area contributed by atoms with Crippen molar-refractivity contribution in [1.82, 2.24) is 10.3 Å². The van der Waals surface area contributed by atoms with Crippen LogP contribution in [-0.4, -0.2) is 25.2 Å². The summed E-state index contributed by atoms with van der Waals surface area (Å²) in [7, 11) is 1.71. The second-order valence-corrected chi connectivity index (χ2v) is 6.70. The van der Waals surface area contributed by atoms with Gasteiger partial charge in [-0.05, 0) is 30.9 Å². The van der Waals surface area contributed by atoms with Crippen molar-refractivity contribution in [2.45, 2.75) is 25.3 Å². The SMILES string of the molecule is COCCNC(c1nc2c(s1)CCC2)c1ccccc1Cl. The van der Waals surface area contributed by atoms with Crippen molar-refractivity contribution >= 4 is 22.9 Å². The molecule has 1 aromatic carbocycles. The highest BCUT2D eigenvalue weighted by Gasteiger charge is 2.24. The molecule has 1 N–H and O–H groups in total. The number of hydrogen-bond donors (Lipinski definition) is 1. The van der Waals surface area contributed by atoms with Crippen LogP contribution in [0.15, 0.2) is 24.3 Å². The fourth-order valence-electron chi connectivity index (χ4n) is 2.68. The molecule has 0 radical (unpaired) electrons. The third-order valence-electron chi connectivity index (χ3n) is 3.73. The Morgan fingerprint density at radius 3 is 3.00 bits per heavy atom. The number of nitrogens with zero attached hydrogens (tertiary/aromatic N) is 1. The molecule has 3 rings (SSSR count). The summed E-state index contributed by atoms with van der Waals surface area (Å²) in [6.07, 6.45) is 3.52. The molecule has 5 heteroatoms. The third kappa shape index (κ3) is 3.29. The maximum absolute atomic E-state index is 6.38. The molecule has 1 unspecified atom stereocenters. The summed E-state index contributed by atoms with van der Waals surface area (Å²) in [5.41, 5.74) is 2.36. The van der Waals surface area contributed by atoms with Gasteiger partial charge in [-0.3, -0.25) is 0 Å². The summed E-state index contributed by atoms with van der Waals surface area (Å²) in [6, 6.07) is 8.03. The summed E-state index contributed by atoms with van der Waals surface area (Å²) in [4.78, 5) is 6.28. The number of hydrogen-bond acceptors (Lipinski definition) is 4. The van der Waals surface area contributed by atoms with Crippen LogP contribution < -0.4 is 5.32 Å². The summed E-state index contributed by atoms with van der Waals surface area (Å²) in [6.45, 7) is 1.45. The molecule has 1 aromatic heterocycles. The molecule has 0 aliphatic heterocycles. The van der Waals surface area contributed by atoms with E-state index in [9.17, 15) is 0 Å². The van der Waals surface area contributed by atoms with Crippen molar-refractivity contribution in [3.8, 4) is 0 Å². The van der Waals surface area contributed by atoms with Crippen molar-refractivity contribution in [2.24, 2.45) is 0 Å². The number of nitrogens with one attached hydrogen (secondary N) is 1. The van der Waals surface area contributed by atoms with E-state index in [1.165, 1.54) is 23.4 Å². The third-order valence-corrected chi connectivity index (χ3v) is 5.30. The van der Waals surface area contributed by atoms with Crippen LogP contribution in [0.3, 0.4) is 0 Å². The number of rotatable bonds is 6. The van der Waals surface area contributed by atoms with Gasteiger partial charge in [-0.25, -0.2) is 4.98 Å². The van der Waals surface area contributed by atoms with E-state index in [0.717, 1.165) is 28.6 Å². The van der Waals surface area contributed by atoms with Crippen LogP contribution in [-0.2, 0) is 17.6 Å². The van der Waals surface area contributed by atoms with E-state index >= 15 is 0 Å². The Hall–Kier alpha value is -0.940. The van der Waals surface area contributed by atoms with Gasteiger partial charge >= 0.3 is 0 Å². The average Bonchev–Trinajstić information content (AvgIpc) is 3.06. The molecule has 0 amide bonds. The number of fused-ring (bicyclic) bond motifs is 1. The largest absolute Gasteiger partial charge is 0.383 e. The quantitative estimate of drug-likeness (QED) is 0.825. The lowest BCUT2D eigenvalue weighted by Gasteiger charge is -2.18. The second kappa shape index (κ2) is 6.88. The normalized spacial score (nSPS) is 15.1. The van der Waals surface area contributed by atoms with Gasteiger partial charge < -0.3 is 10.1 Å². The lowest BCUT2D eigenvalue weighted by molar-refractivity contribution is 0.197. The van der Waals surface area contributed by atoms with Gasteiger partial charge in [0, 0.05) is 23.6 Å². The first kappa shape index (κ1) is 15.0. The predicted molar refractivity (Wildman–Crippen MR) is 87.3 cm³/mol. The van der Waals surface area contributed by atoms with Crippen LogP contribution in [0.2, 0.25) is 5.02 Å². The topological polar surface area (TPSA) is 34.1 Å². The number of aryl methyl sites for hydroxylation is 2. The number of halogens is 1. The van der Waals surface area contributed by atoms with Crippen LogP contribution >= 0.6 is 22.9 Å². The first-order valence-corrected chi connectivity index (χ1v) is 8.44. The Kier molecular flexibility index (Phi) is 4.91. The monoisotopic (exact) mass is 322 g/mol. The molecule has 0 saturated carbocycles. The maximum atomic E-state index is 6.38. The molecule has 0 saturated heterocycles. The first-order chi connectivity index (χ1) is 10.3. The number of benzene rings is 1. The van der Waals surface area contributed by atoms with E-state index in [4.69, 9.17) is 21.3 Å². The molecule has 0 fully saturated rings. The zero-order valence-electron chi connectivity index (χ0n) is 12.1. The Bertz CT molecular complexity index is 593. The van der Waals surface area contributed by atoms with Gasteiger partial charge in [0.05, 0.1) is 18.3 Å². The summed E-state index contributed by atoms with van der Waals surface area (Å²) in [5.74, 6) is 0. The minimum absolute atomic E-state index is 0.0458. The Labute approximate surface area is 134 Å². The van der Waals surface area contributed by atoms with Crippen molar-refractivity contribution in [1.29, 1.82) is 0 Å². The van der Waals surface area contributed by atoms with Gasteiger partial charge in [-0.2, -0.15) is 0 Å². The van der Waals surface area contributed by atoms with Crippen molar-refractivity contribution in [2.75, 3.05) is 20.3 Å². The van der Waals surface area contributed by atoms with Gasteiger partial charge in [0.25, 0.3) is 0 Å². The smallest absolute Gasteiger partial charge is 0.115 e. The van der Waals surface area contributed by atoms with Gasteiger partial charge in [-0.1, -0.05) is 29.8 Å².